The van der Waals surface area contributed by atoms with Crippen LogP contribution in [0.25, 0.3) is 20.2 Å². The lowest BCUT2D eigenvalue weighted by atomic mass is 10.1. The fourth-order valence-corrected chi connectivity index (χ4v) is 7.74. The first kappa shape index (κ1) is 26.8. The number of hydrogen-bond donors (Lipinski definition) is 0. The summed E-state index contributed by atoms with van der Waals surface area (Å²) in [6, 6.07) is 35.3. The van der Waals surface area contributed by atoms with Gasteiger partial charge in [-0.2, -0.15) is 0 Å². The summed E-state index contributed by atoms with van der Waals surface area (Å²) in [4.78, 5) is 4.04. The van der Waals surface area contributed by atoms with Gasteiger partial charge in [-0.15, -0.1) is 11.3 Å². The van der Waals surface area contributed by atoms with E-state index in [4.69, 9.17) is 0 Å². The van der Waals surface area contributed by atoms with Crippen LogP contribution in [0.5, 0.6) is 11.5 Å². The van der Waals surface area contributed by atoms with Gasteiger partial charge >= 0.3 is 0 Å². The van der Waals surface area contributed by atoms with Gasteiger partial charge in [-0.25, -0.2) is 0 Å². The van der Waals surface area contributed by atoms with E-state index in [-0.39, 0.29) is 10.9 Å². The molecule has 0 aliphatic carbocycles. The van der Waals surface area contributed by atoms with Gasteiger partial charge in [0.1, 0.15) is 0 Å². The van der Waals surface area contributed by atoms with Gasteiger partial charge in [0.05, 0.1) is 10.9 Å². The molecule has 0 radical (unpaired) electrons. The van der Waals surface area contributed by atoms with Gasteiger partial charge in [0.15, 0.2) is 21.3 Å². The van der Waals surface area contributed by atoms with Crippen LogP contribution < -0.4 is 4.37 Å². The molecule has 0 N–H and O–H groups in total. The lowest BCUT2D eigenvalue weighted by Gasteiger charge is -2.21. The number of allylic oxidation sites excluding steroid dienone is 3. The van der Waals surface area contributed by atoms with Crippen molar-refractivity contribution in [3.63, 3.8) is 0 Å². The van der Waals surface area contributed by atoms with Gasteiger partial charge in [-0.1, -0.05) is 56.3 Å². The van der Waals surface area contributed by atoms with Crippen molar-refractivity contribution in [3.8, 4) is 11.5 Å². The zero-order valence-electron chi connectivity index (χ0n) is 22.4. The normalized spacial score (nSPS) is 12.5. The van der Waals surface area contributed by atoms with Crippen molar-refractivity contribution >= 4 is 42.4 Å². The third-order valence-electron chi connectivity index (χ3n) is 6.08. The third kappa shape index (κ3) is 5.69. The molecule has 37 heavy (non-hydrogen) atoms. The predicted octanol–water partition coefficient (Wildman–Crippen LogP) is 10.9. The molecule has 0 fully saturated rings. The fourth-order valence-electron chi connectivity index (χ4n) is 4.48. The van der Waals surface area contributed by atoms with Crippen molar-refractivity contribution in [3.05, 3.63) is 120 Å². The molecule has 3 heteroatoms. The molecule has 4 aromatic carbocycles. The molecule has 5 aromatic rings. The van der Waals surface area contributed by atoms with Crippen molar-refractivity contribution in [2.45, 2.75) is 44.4 Å². The largest absolute Gasteiger partial charge is 0.536 e. The molecule has 1 unspecified atom stereocenters. The lowest BCUT2D eigenvalue weighted by Crippen LogP contribution is -2.12. The summed E-state index contributed by atoms with van der Waals surface area (Å²) >= 11 is 1.87. The van der Waals surface area contributed by atoms with Gasteiger partial charge in [-0.3, -0.25) is 0 Å². The average Bonchev–Trinajstić information content (AvgIpc) is 3.33. The average molecular weight is 525 g/mol. The minimum atomic E-state index is -0.154. The quantitative estimate of drug-likeness (QED) is 0.147. The summed E-state index contributed by atoms with van der Waals surface area (Å²) in [5.74, 6) is 2.30. The van der Waals surface area contributed by atoms with Crippen LogP contribution in [0.3, 0.4) is 0 Å². The summed E-state index contributed by atoms with van der Waals surface area (Å²) in [6.45, 7) is 11.3. The van der Waals surface area contributed by atoms with Crippen LogP contribution in [0.2, 0.25) is 0 Å². The first-order valence-electron chi connectivity index (χ1n) is 13.0. The zero-order chi connectivity index (χ0) is 26.2. The highest BCUT2D eigenvalue weighted by Crippen LogP contribution is 2.41. The Morgan fingerprint density at radius 1 is 0.730 bits per heavy atom. The van der Waals surface area contributed by atoms with Crippen LogP contribution in [0.4, 0.5) is 0 Å². The Balaban J connectivity index is 0.00000156. The lowest BCUT2D eigenvalue weighted by molar-refractivity contribution is 0.122. The summed E-state index contributed by atoms with van der Waals surface area (Å²) in [5.41, 5.74) is 0. The second kappa shape index (κ2) is 12.8. The molecule has 0 aliphatic rings. The topological polar surface area (TPSA) is 2.70 Å². The Morgan fingerprint density at radius 2 is 1.35 bits per heavy atom. The number of hydrogen-bond acceptors (Lipinski definition) is 1. The van der Waals surface area contributed by atoms with E-state index in [9.17, 15) is 0 Å². The van der Waals surface area contributed by atoms with Crippen molar-refractivity contribution < 1.29 is 4.37 Å². The van der Waals surface area contributed by atoms with Crippen molar-refractivity contribution in [2.75, 3.05) is 6.61 Å². The Kier molecular flexibility index (Phi) is 9.27. The van der Waals surface area contributed by atoms with Crippen LogP contribution in [0.1, 0.15) is 34.6 Å². The first-order valence-corrected chi connectivity index (χ1v) is 15.1. The molecular weight excluding hydrogens is 489 g/mol. The maximum Gasteiger partial charge on any atom is 0.262 e. The molecule has 1 heterocycles. The summed E-state index contributed by atoms with van der Waals surface area (Å²) in [6.07, 6.45) is 6.64. The summed E-state index contributed by atoms with van der Waals surface area (Å²) < 4.78 is 6.02. The molecule has 1 aromatic heterocycles. The Bertz CT molecular complexity index is 1500. The zero-order valence-corrected chi connectivity index (χ0v) is 24.0. The second-order valence-electron chi connectivity index (χ2n) is 8.22. The SMILES string of the molecule is C/C=C\C(=C/C)[S+](c1ccccc1)c1ccc2sc3ccc([O+](CC)c4ccccc4)cc3c2c1.CC. The van der Waals surface area contributed by atoms with E-state index in [0.717, 1.165) is 18.1 Å². The van der Waals surface area contributed by atoms with E-state index in [1.807, 2.05) is 25.2 Å². The van der Waals surface area contributed by atoms with E-state index >= 15 is 0 Å². The standard InChI is InChI=1S/C32H30OS2.C2H6/c1-4-13-26(5-2)35(27-16-11-8-12-17-27)28-19-21-32-30(23-28)29-22-25(18-20-31(29)34-32)33(6-3)24-14-9-7-10-15-24;1-2/h4-5,7-23H,6H2,1-3H3;1-2H3/q+2;/b13-4-,26-5+;. The van der Waals surface area contributed by atoms with Gasteiger partial charge in [0.2, 0.25) is 0 Å². The minimum absolute atomic E-state index is 0.154. The number of thiophene rings is 1. The van der Waals surface area contributed by atoms with E-state index in [1.54, 1.807) is 0 Å². The maximum atomic E-state index is 3.36. The van der Waals surface area contributed by atoms with Crippen molar-refractivity contribution in [1.82, 2.24) is 0 Å². The summed E-state index contributed by atoms with van der Waals surface area (Å²) in [7, 11) is -0.154. The van der Waals surface area contributed by atoms with Gasteiger partial charge in [0, 0.05) is 57.4 Å². The van der Waals surface area contributed by atoms with Gasteiger partial charge < -0.3 is 4.37 Å². The van der Waals surface area contributed by atoms with Gasteiger partial charge in [-0.05, 0) is 56.3 Å². The van der Waals surface area contributed by atoms with Crippen LogP contribution >= 0.6 is 11.3 Å². The van der Waals surface area contributed by atoms with Gasteiger partial charge in [0.25, 0.3) is 11.5 Å². The molecule has 188 valence electrons. The van der Waals surface area contributed by atoms with Crippen LogP contribution in [-0.2, 0) is 10.9 Å². The van der Waals surface area contributed by atoms with E-state index < -0.39 is 0 Å². The molecule has 1 nitrogen and oxygen atoms in total. The number of fused-ring (bicyclic) bond motifs is 3. The molecule has 0 saturated carbocycles. The molecule has 0 bridgehead atoms. The minimum Gasteiger partial charge on any atom is -0.536 e. The highest BCUT2D eigenvalue weighted by molar-refractivity contribution is 8.00. The van der Waals surface area contributed by atoms with E-state index in [2.05, 4.69) is 140 Å². The first-order chi connectivity index (χ1) is 18.2. The molecule has 0 saturated heterocycles. The highest BCUT2D eigenvalue weighted by atomic mass is 32.2. The molecule has 0 spiro atoms. The molecule has 1 atom stereocenters. The predicted molar refractivity (Wildman–Crippen MR) is 167 cm³/mol. The smallest absolute Gasteiger partial charge is 0.262 e. The molecule has 0 aliphatic heterocycles. The number of rotatable bonds is 7. The summed E-state index contributed by atoms with van der Waals surface area (Å²) in [5, 5.41) is 2.65. The molecule has 0 amide bonds. The van der Waals surface area contributed by atoms with Crippen molar-refractivity contribution in [1.29, 1.82) is 0 Å². The highest BCUT2D eigenvalue weighted by Gasteiger charge is 2.29. The number of para-hydroxylation sites is 1. The van der Waals surface area contributed by atoms with E-state index in [1.165, 1.54) is 34.9 Å². The second-order valence-corrected chi connectivity index (χ2v) is 11.3. The third-order valence-corrected chi connectivity index (χ3v) is 9.54. The molecular formula is C34H36OS2+2. The van der Waals surface area contributed by atoms with Crippen LogP contribution in [-0.4, -0.2) is 6.61 Å². The maximum absolute atomic E-state index is 3.36. The monoisotopic (exact) mass is 524 g/mol. The van der Waals surface area contributed by atoms with Crippen LogP contribution in [0.15, 0.2) is 130 Å². The Morgan fingerprint density at radius 3 is 1.97 bits per heavy atom. The van der Waals surface area contributed by atoms with E-state index in [0.29, 0.717) is 0 Å². The number of benzene rings is 4. The fraction of sp³-hybridized carbons (Fsp3) is 0.176. The molecule has 5 rings (SSSR count). The Labute approximate surface area is 228 Å². The van der Waals surface area contributed by atoms with Crippen LogP contribution in [0, 0.1) is 0 Å². The Hall–Kier alpha value is -3.27. The van der Waals surface area contributed by atoms with Crippen molar-refractivity contribution in [2.24, 2.45) is 0 Å².